The van der Waals surface area contributed by atoms with E-state index in [1.165, 1.54) is 0 Å². The van der Waals surface area contributed by atoms with Gasteiger partial charge < -0.3 is 19.3 Å². The van der Waals surface area contributed by atoms with Crippen LogP contribution < -0.4 is 4.90 Å². The number of ether oxygens (including phenoxy) is 1. The molecule has 2 aliphatic rings. The molecule has 1 N–H and O–H groups in total. The monoisotopic (exact) mass is 345 g/mol. The minimum atomic E-state index is 0.305. The number of rotatable bonds is 5. The molecule has 2 aromatic rings. The van der Waals surface area contributed by atoms with Gasteiger partial charge in [-0.25, -0.2) is 15.0 Å². The third-order valence-electron chi connectivity index (χ3n) is 5.82. The Bertz CT molecular complexity index is 711. The number of imidazole rings is 1. The van der Waals surface area contributed by atoms with Crippen LogP contribution in [0, 0.1) is 5.92 Å². The van der Waals surface area contributed by atoms with Gasteiger partial charge in [0.15, 0.2) is 17.0 Å². The lowest BCUT2D eigenvalue weighted by atomic mass is 9.86. The molecule has 0 amide bonds. The fourth-order valence-corrected chi connectivity index (χ4v) is 4.40. The molecule has 1 aliphatic heterocycles. The van der Waals surface area contributed by atoms with Crippen LogP contribution in [0.5, 0.6) is 0 Å². The summed E-state index contributed by atoms with van der Waals surface area (Å²) in [5.74, 6) is 1.39. The molecule has 0 aromatic carbocycles. The molecular formula is C18H27N5O2. The van der Waals surface area contributed by atoms with E-state index in [1.54, 1.807) is 13.4 Å². The van der Waals surface area contributed by atoms with E-state index in [9.17, 15) is 5.11 Å². The van der Waals surface area contributed by atoms with E-state index in [4.69, 9.17) is 4.74 Å². The number of anilines is 1. The van der Waals surface area contributed by atoms with E-state index in [1.807, 2.05) is 6.33 Å². The maximum absolute atomic E-state index is 9.35. The van der Waals surface area contributed by atoms with Crippen molar-refractivity contribution in [3.8, 4) is 0 Å². The van der Waals surface area contributed by atoms with Crippen LogP contribution in [-0.4, -0.2) is 57.5 Å². The minimum absolute atomic E-state index is 0.305. The SMILES string of the molecule is COC[C@@H]1CCCN1c1ncnc2c1ncn2C1CCC(CO)CC1. The van der Waals surface area contributed by atoms with Gasteiger partial charge in [-0.3, -0.25) is 0 Å². The Morgan fingerprint density at radius 3 is 2.76 bits per heavy atom. The van der Waals surface area contributed by atoms with E-state index >= 15 is 0 Å². The normalized spacial score (nSPS) is 27.3. The van der Waals surface area contributed by atoms with Crippen LogP contribution >= 0.6 is 0 Å². The van der Waals surface area contributed by atoms with Gasteiger partial charge in [0.05, 0.1) is 19.0 Å². The van der Waals surface area contributed by atoms with Gasteiger partial charge in [0.25, 0.3) is 0 Å². The summed E-state index contributed by atoms with van der Waals surface area (Å²) in [5, 5.41) is 9.35. The molecule has 0 unspecified atom stereocenters. The molecule has 0 spiro atoms. The quantitative estimate of drug-likeness (QED) is 0.895. The summed E-state index contributed by atoms with van der Waals surface area (Å²) in [5.41, 5.74) is 1.83. The smallest absolute Gasteiger partial charge is 0.165 e. The summed E-state index contributed by atoms with van der Waals surface area (Å²) in [6.45, 7) is 2.02. The Labute approximate surface area is 148 Å². The van der Waals surface area contributed by atoms with Crippen LogP contribution in [0.1, 0.15) is 44.6 Å². The Hall–Kier alpha value is -1.73. The number of hydrogen-bond donors (Lipinski definition) is 1. The largest absolute Gasteiger partial charge is 0.396 e. The average Bonchev–Trinajstić information content (AvgIpc) is 3.29. The van der Waals surface area contributed by atoms with Crippen molar-refractivity contribution in [2.24, 2.45) is 5.92 Å². The van der Waals surface area contributed by atoms with Crippen LogP contribution in [0.3, 0.4) is 0 Å². The van der Waals surface area contributed by atoms with E-state index in [2.05, 4.69) is 24.4 Å². The molecule has 136 valence electrons. The van der Waals surface area contributed by atoms with E-state index in [0.29, 0.717) is 24.6 Å². The van der Waals surface area contributed by atoms with Crippen LogP contribution in [0.25, 0.3) is 11.2 Å². The summed E-state index contributed by atoms with van der Waals surface area (Å²) in [4.78, 5) is 16.1. The van der Waals surface area contributed by atoms with Crippen molar-refractivity contribution < 1.29 is 9.84 Å². The number of aliphatic hydroxyl groups is 1. The molecule has 1 atom stereocenters. The Balaban J connectivity index is 1.62. The van der Waals surface area contributed by atoms with Gasteiger partial charge in [0.2, 0.25) is 0 Å². The number of hydrogen-bond acceptors (Lipinski definition) is 6. The number of nitrogens with zero attached hydrogens (tertiary/aromatic N) is 5. The third-order valence-corrected chi connectivity index (χ3v) is 5.82. The zero-order valence-corrected chi connectivity index (χ0v) is 14.8. The van der Waals surface area contributed by atoms with Crippen LogP contribution in [0.4, 0.5) is 5.82 Å². The highest BCUT2D eigenvalue weighted by atomic mass is 16.5. The van der Waals surface area contributed by atoms with Crippen molar-refractivity contribution in [2.45, 2.75) is 50.6 Å². The third kappa shape index (κ3) is 3.11. The standard InChI is InChI=1S/C18H27N5O2/c1-25-10-15-3-2-8-22(15)17-16-18(20-11-19-17)23(12-21-16)14-6-4-13(9-24)5-7-14/h11-15,24H,2-10H2,1H3/t13?,14?,15-/m0/s1. The van der Waals surface area contributed by atoms with Crippen molar-refractivity contribution in [3.05, 3.63) is 12.7 Å². The second kappa shape index (κ2) is 7.25. The maximum atomic E-state index is 9.35. The summed E-state index contributed by atoms with van der Waals surface area (Å²) < 4.78 is 7.60. The van der Waals surface area contributed by atoms with E-state index in [-0.39, 0.29) is 0 Å². The average molecular weight is 345 g/mol. The molecule has 1 aliphatic carbocycles. The lowest BCUT2D eigenvalue weighted by Gasteiger charge is -2.28. The van der Waals surface area contributed by atoms with Gasteiger partial charge in [-0.05, 0) is 44.4 Å². The van der Waals surface area contributed by atoms with Gasteiger partial charge in [-0.1, -0.05) is 0 Å². The number of aromatic nitrogens is 4. The minimum Gasteiger partial charge on any atom is -0.396 e. The van der Waals surface area contributed by atoms with E-state index < -0.39 is 0 Å². The molecule has 2 aromatic heterocycles. The Morgan fingerprint density at radius 1 is 1.16 bits per heavy atom. The molecular weight excluding hydrogens is 318 g/mol. The highest BCUT2D eigenvalue weighted by Crippen LogP contribution is 2.35. The second-order valence-corrected chi connectivity index (χ2v) is 7.32. The molecule has 0 radical (unpaired) electrons. The lowest BCUT2D eigenvalue weighted by Crippen LogP contribution is -2.33. The van der Waals surface area contributed by atoms with Gasteiger partial charge >= 0.3 is 0 Å². The van der Waals surface area contributed by atoms with Crippen molar-refractivity contribution >= 4 is 17.0 Å². The summed E-state index contributed by atoms with van der Waals surface area (Å²) in [6.07, 6.45) is 10.2. The lowest BCUT2D eigenvalue weighted by molar-refractivity contribution is 0.169. The molecule has 2 fully saturated rings. The molecule has 3 heterocycles. The van der Waals surface area contributed by atoms with Crippen molar-refractivity contribution in [1.82, 2.24) is 19.5 Å². The highest BCUT2D eigenvalue weighted by Gasteiger charge is 2.29. The zero-order chi connectivity index (χ0) is 17.2. The van der Waals surface area contributed by atoms with Gasteiger partial charge in [-0.15, -0.1) is 0 Å². The first-order chi connectivity index (χ1) is 12.3. The van der Waals surface area contributed by atoms with Gasteiger partial charge in [0, 0.05) is 26.3 Å². The zero-order valence-electron chi connectivity index (χ0n) is 14.8. The van der Waals surface area contributed by atoms with Gasteiger partial charge in [0.1, 0.15) is 6.33 Å². The molecule has 1 saturated heterocycles. The first kappa shape index (κ1) is 16.7. The fourth-order valence-electron chi connectivity index (χ4n) is 4.40. The van der Waals surface area contributed by atoms with Crippen LogP contribution in [-0.2, 0) is 4.74 Å². The molecule has 4 rings (SSSR count). The summed E-state index contributed by atoms with van der Waals surface area (Å²) in [7, 11) is 1.75. The highest BCUT2D eigenvalue weighted by molar-refractivity contribution is 5.83. The molecule has 7 heteroatoms. The summed E-state index contributed by atoms with van der Waals surface area (Å²) >= 11 is 0. The number of methoxy groups -OCH3 is 1. The fraction of sp³-hybridized carbons (Fsp3) is 0.722. The predicted molar refractivity (Wildman–Crippen MR) is 95.6 cm³/mol. The van der Waals surface area contributed by atoms with Crippen molar-refractivity contribution in [1.29, 1.82) is 0 Å². The first-order valence-corrected chi connectivity index (χ1v) is 9.35. The molecule has 0 bridgehead atoms. The van der Waals surface area contributed by atoms with Crippen LogP contribution in [0.2, 0.25) is 0 Å². The number of fused-ring (bicyclic) bond motifs is 1. The Morgan fingerprint density at radius 2 is 2.00 bits per heavy atom. The van der Waals surface area contributed by atoms with Gasteiger partial charge in [-0.2, -0.15) is 0 Å². The number of aliphatic hydroxyl groups excluding tert-OH is 1. The Kier molecular flexibility index (Phi) is 4.85. The topological polar surface area (TPSA) is 76.3 Å². The maximum Gasteiger partial charge on any atom is 0.165 e. The predicted octanol–water partition coefficient (Wildman–Crippen LogP) is 2.17. The second-order valence-electron chi connectivity index (χ2n) is 7.32. The van der Waals surface area contributed by atoms with Crippen molar-refractivity contribution in [2.75, 3.05) is 31.8 Å². The molecule has 1 saturated carbocycles. The first-order valence-electron chi connectivity index (χ1n) is 9.35. The summed E-state index contributed by atoms with van der Waals surface area (Å²) in [6, 6.07) is 0.789. The molecule has 7 nitrogen and oxygen atoms in total. The van der Waals surface area contributed by atoms with Crippen molar-refractivity contribution in [3.63, 3.8) is 0 Å². The van der Waals surface area contributed by atoms with E-state index in [0.717, 1.165) is 68.7 Å². The molecule has 25 heavy (non-hydrogen) atoms. The van der Waals surface area contributed by atoms with Crippen LogP contribution in [0.15, 0.2) is 12.7 Å².